The summed E-state index contributed by atoms with van der Waals surface area (Å²) in [6.07, 6.45) is 1.79. The van der Waals surface area contributed by atoms with Crippen LogP contribution >= 0.6 is 0 Å². The molecule has 132 valence electrons. The molecule has 0 bridgehead atoms. The van der Waals surface area contributed by atoms with Crippen molar-refractivity contribution in [3.05, 3.63) is 59.9 Å². The van der Waals surface area contributed by atoms with Crippen LogP contribution in [0.25, 0.3) is 0 Å². The van der Waals surface area contributed by atoms with Gasteiger partial charge in [0.1, 0.15) is 5.82 Å². The van der Waals surface area contributed by atoms with Crippen LogP contribution in [0.1, 0.15) is 30.1 Å². The van der Waals surface area contributed by atoms with E-state index in [0.29, 0.717) is 17.9 Å². The first-order valence-corrected chi connectivity index (χ1v) is 8.15. The maximum Gasteiger partial charge on any atom is 0.338 e. The number of unbranched alkanes of at least 4 members (excludes halogenated alkanes) is 1. The molecule has 5 nitrogen and oxygen atoms in total. The highest BCUT2D eigenvalue weighted by Gasteiger charge is 2.08. The maximum atomic E-state index is 13.5. The van der Waals surface area contributed by atoms with Crippen LogP contribution in [0.3, 0.4) is 0 Å². The van der Waals surface area contributed by atoms with E-state index in [2.05, 4.69) is 10.6 Å². The second-order valence-corrected chi connectivity index (χ2v) is 5.45. The zero-order valence-electron chi connectivity index (χ0n) is 14.0. The molecule has 0 unspecified atom stereocenters. The van der Waals surface area contributed by atoms with Crippen LogP contribution in [0.5, 0.6) is 0 Å². The number of hydrogen-bond donors (Lipinski definition) is 2. The molecule has 2 N–H and O–H groups in total. The van der Waals surface area contributed by atoms with Crippen molar-refractivity contribution in [1.82, 2.24) is 0 Å². The second kappa shape index (κ2) is 9.42. The average Bonchev–Trinajstić information content (AvgIpc) is 2.62. The predicted octanol–water partition coefficient (Wildman–Crippen LogP) is 3.83. The van der Waals surface area contributed by atoms with Gasteiger partial charge in [-0.15, -0.1) is 0 Å². The monoisotopic (exact) mass is 344 g/mol. The van der Waals surface area contributed by atoms with E-state index < -0.39 is 5.82 Å². The van der Waals surface area contributed by atoms with Gasteiger partial charge in [-0.25, -0.2) is 9.18 Å². The van der Waals surface area contributed by atoms with Crippen molar-refractivity contribution >= 4 is 23.3 Å². The maximum absolute atomic E-state index is 13.5. The number of esters is 1. The zero-order chi connectivity index (χ0) is 18.1. The highest BCUT2D eigenvalue weighted by atomic mass is 19.1. The summed E-state index contributed by atoms with van der Waals surface area (Å²) in [6, 6.07) is 12.6. The minimum atomic E-state index is -0.416. The van der Waals surface area contributed by atoms with Crippen LogP contribution in [0.2, 0.25) is 0 Å². The first-order chi connectivity index (χ1) is 12.1. The van der Waals surface area contributed by atoms with E-state index in [1.165, 1.54) is 6.07 Å². The van der Waals surface area contributed by atoms with E-state index in [4.69, 9.17) is 4.74 Å². The molecule has 0 spiro atoms. The number of carbonyl (C=O) groups excluding carboxylic acids is 2. The van der Waals surface area contributed by atoms with Gasteiger partial charge >= 0.3 is 5.97 Å². The number of anilines is 2. The molecule has 6 heteroatoms. The Morgan fingerprint density at radius 2 is 1.80 bits per heavy atom. The summed E-state index contributed by atoms with van der Waals surface area (Å²) in [5.74, 6) is -1.12. The lowest BCUT2D eigenvalue weighted by Gasteiger charge is -2.09. The highest BCUT2D eigenvalue weighted by molar-refractivity contribution is 5.95. The standard InChI is InChI=1S/C19H21FN2O3/c1-2-3-12-25-19(24)14-8-10-15(11-9-14)22-18(23)13-21-17-7-5-4-6-16(17)20/h4-11,21H,2-3,12-13H2,1H3,(H,22,23). The van der Waals surface area contributed by atoms with Crippen molar-refractivity contribution in [2.24, 2.45) is 0 Å². The van der Waals surface area contributed by atoms with Crippen LogP contribution in [0.15, 0.2) is 48.5 Å². The van der Waals surface area contributed by atoms with Crippen molar-refractivity contribution in [3.63, 3.8) is 0 Å². The molecule has 0 heterocycles. The van der Waals surface area contributed by atoms with Crippen molar-refractivity contribution in [3.8, 4) is 0 Å². The minimum absolute atomic E-state index is 0.0677. The third kappa shape index (κ3) is 5.91. The largest absolute Gasteiger partial charge is 0.462 e. The average molecular weight is 344 g/mol. The van der Waals surface area contributed by atoms with E-state index in [1.54, 1.807) is 42.5 Å². The molecule has 0 fully saturated rings. The topological polar surface area (TPSA) is 67.4 Å². The van der Waals surface area contributed by atoms with Gasteiger partial charge in [-0.3, -0.25) is 4.79 Å². The number of para-hydroxylation sites is 1. The summed E-state index contributed by atoms with van der Waals surface area (Å²) >= 11 is 0. The predicted molar refractivity (Wildman–Crippen MR) is 95.2 cm³/mol. The molecular formula is C19H21FN2O3. The fourth-order valence-electron chi connectivity index (χ4n) is 2.07. The van der Waals surface area contributed by atoms with Crippen LogP contribution in [-0.4, -0.2) is 25.0 Å². The van der Waals surface area contributed by atoms with Gasteiger partial charge in [0.25, 0.3) is 0 Å². The molecular weight excluding hydrogens is 323 g/mol. The molecule has 25 heavy (non-hydrogen) atoms. The van der Waals surface area contributed by atoms with Crippen LogP contribution in [-0.2, 0) is 9.53 Å². The smallest absolute Gasteiger partial charge is 0.338 e. The number of amides is 1. The Balaban J connectivity index is 1.83. The highest BCUT2D eigenvalue weighted by Crippen LogP contribution is 2.13. The molecule has 0 aromatic heterocycles. The lowest BCUT2D eigenvalue weighted by molar-refractivity contribution is -0.114. The summed E-state index contributed by atoms with van der Waals surface area (Å²) in [7, 11) is 0. The molecule has 0 aliphatic carbocycles. The Bertz CT molecular complexity index is 717. The Morgan fingerprint density at radius 3 is 2.48 bits per heavy atom. The van der Waals surface area contributed by atoms with Crippen molar-refractivity contribution in [1.29, 1.82) is 0 Å². The van der Waals surface area contributed by atoms with Gasteiger partial charge in [0, 0.05) is 5.69 Å². The number of ether oxygens (including phenoxy) is 1. The van der Waals surface area contributed by atoms with E-state index in [1.807, 2.05) is 6.92 Å². The van der Waals surface area contributed by atoms with E-state index in [0.717, 1.165) is 12.8 Å². The van der Waals surface area contributed by atoms with Crippen molar-refractivity contribution in [2.45, 2.75) is 19.8 Å². The molecule has 1 amide bonds. The van der Waals surface area contributed by atoms with Crippen molar-refractivity contribution < 1.29 is 18.7 Å². The number of nitrogens with one attached hydrogen (secondary N) is 2. The van der Waals surface area contributed by atoms with Gasteiger partial charge in [-0.2, -0.15) is 0 Å². The van der Waals surface area contributed by atoms with E-state index in [9.17, 15) is 14.0 Å². The summed E-state index contributed by atoms with van der Waals surface area (Å²) < 4.78 is 18.6. The van der Waals surface area contributed by atoms with Gasteiger partial charge in [-0.1, -0.05) is 25.5 Å². The normalized spacial score (nSPS) is 10.2. The first kappa shape index (κ1) is 18.4. The van der Waals surface area contributed by atoms with Crippen LogP contribution < -0.4 is 10.6 Å². The molecule has 0 aliphatic heterocycles. The van der Waals surface area contributed by atoms with Crippen LogP contribution in [0.4, 0.5) is 15.8 Å². The Kier molecular flexibility index (Phi) is 6.95. The van der Waals surface area contributed by atoms with Gasteiger partial charge < -0.3 is 15.4 Å². The van der Waals surface area contributed by atoms with Gasteiger partial charge in [0.2, 0.25) is 5.91 Å². The van der Waals surface area contributed by atoms with E-state index >= 15 is 0 Å². The van der Waals surface area contributed by atoms with Gasteiger partial charge in [0.05, 0.1) is 24.4 Å². The molecule has 0 radical (unpaired) electrons. The summed E-state index contributed by atoms with van der Waals surface area (Å²) in [6.45, 7) is 2.35. The van der Waals surface area contributed by atoms with Crippen molar-refractivity contribution in [2.75, 3.05) is 23.8 Å². The quantitative estimate of drug-likeness (QED) is 0.564. The lowest BCUT2D eigenvalue weighted by Crippen LogP contribution is -2.22. The molecule has 0 saturated carbocycles. The molecule has 0 saturated heterocycles. The fraction of sp³-hybridized carbons (Fsp3) is 0.263. The fourth-order valence-corrected chi connectivity index (χ4v) is 2.07. The lowest BCUT2D eigenvalue weighted by atomic mass is 10.2. The number of rotatable bonds is 8. The minimum Gasteiger partial charge on any atom is -0.462 e. The number of hydrogen-bond acceptors (Lipinski definition) is 4. The van der Waals surface area contributed by atoms with E-state index in [-0.39, 0.29) is 24.1 Å². The zero-order valence-corrected chi connectivity index (χ0v) is 14.0. The SMILES string of the molecule is CCCCOC(=O)c1ccc(NC(=O)CNc2ccccc2F)cc1. The number of carbonyl (C=O) groups is 2. The Labute approximate surface area is 146 Å². The first-order valence-electron chi connectivity index (χ1n) is 8.15. The molecule has 2 aromatic rings. The Hall–Kier alpha value is -2.89. The second-order valence-electron chi connectivity index (χ2n) is 5.45. The number of benzene rings is 2. The number of halogens is 1. The summed E-state index contributed by atoms with van der Waals surface area (Å²) in [4.78, 5) is 23.7. The van der Waals surface area contributed by atoms with Gasteiger partial charge in [-0.05, 0) is 42.8 Å². The molecule has 2 aromatic carbocycles. The third-order valence-electron chi connectivity index (χ3n) is 3.45. The molecule has 0 atom stereocenters. The molecule has 2 rings (SSSR count). The summed E-state index contributed by atoms with van der Waals surface area (Å²) in [5.41, 5.74) is 1.24. The molecule has 0 aliphatic rings. The third-order valence-corrected chi connectivity index (χ3v) is 3.45. The van der Waals surface area contributed by atoms with Gasteiger partial charge in [0.15, 0.2) is 0 Å². The summed E-state index contributed by atoms with van der Waals surface area (Å²) in [5, 5.41) is 5.40. The Morgan fingerprint density at radius 1 is 1.08 bits per heavy atom. The van der Waals surface area contributed by atoms with Crippen LogP contribution in [0, 0.1) is 5.82 Å².